The lowest BCUT2D eigenvalue weighted by atomic mass is 10.0. The monoisotopic (exact) mass is 398 g/mol. The fourth-order valence-electron chi connectivity index (χ4n) is 4.87. The van der Waals surface area contributed by atoms with Gasteiger partial charge in [0.15, 0.2) is 0 Å². The molecule has 0 unspecified atom stereocenters. The first-order valence-corrected chi connectivity index (χ1v) is 10.7. The molecule has 2 aliphatic rings. The van der Waals surface area contributed by atoms with Crippen LogP contribution in [0.4, 0.5) is 0 Å². The number of hydrogen-bond acceptors (Lipinski definition) is 3. The van der Waals surface area contributed by atoms with E-state index in [0.29, 0.717) is 6.04 Å². The second-order valence-electron chi connectivity index (χ2n) is 8.13. The fraction of sp³-hybridized carbons (Fsp3) is 0.269. The lowest BCUT2D eigenvalue weighted by molar-refractivity contribution is -0.929. The number of methoxy groups -OCH3 is 1. The van der Waals surface area contributed by atoms with E-state index in [1.54, 1.807) is 12.0 Å². The van der Waals surface area contributed by atoms with Gasteiger partial charge in [0.05, 0.1) is 39.0 Å². The normalized spacial score (nSPS) is 17.0. The van der Waals surface area contributed by atoms with E-state index in [4.69, 9.17) is 9.84 Å². The second-order valence-corrected chi connectivity index (χ2v) is 8.13. The Bertz CT molecular complexity index is 1020. The summed E-state index contributed by atoms with van der Waals surface area (Å²) >= 11 is 0. The lowest BCUT2D eigenvalue weighted by Gasteiger charge is -2.35. The highest BCUT2D eigenvalue weighted by molar-refractivity contribution is 5.98. The van der Waals surface area contributed by atoms with E-state index < -0.39 is 0 Å². The molecular weight excluding hydrogens is 370 g/mol. The molecule has 0 spiro atoms. The first kappa shape index (κ1) is 18.9. The minimum absolute atomic E-state index is 0.436. The Morgan fingerprint density at radius 2 is 1.43 bits per heavy atom. The van der Waals surface area contributed by atoms with Gasteiger partial charge in [-0.15, -0.1) is 0 Å². The van der Waals surface area contributed by atoms with Crippen molar-refractivity contribution in [1.82, 2.24) is 5.01 Å². The molecule has 0 aromatic heterocycles. The van der Waals surface area contributed by atoms with Crippen LogP contribution in [0.3, 0.4) is 0 Å². The fourth-order valence-corrected chi connectivity index (χ4v) is 4.87. The van der Waals surface area contributed by atoms with Crippen molar-refractivity contribution in [3.63, 3.8) is 0 Å². The van der Waals surface area contributed by atoms with Crippen molar-refractivity contribution in [1.29, 1.82) is 0 Å². The molecule has 0 amide bonds. The molecule has 1 saturated heterocycles. The minimum atomic E-state index is 0.436. The van der Waals surface area contributed by atoms with Crippen molar-refractivity contribution in [2.45, 2.75) is 13.0 Å². The number of ether oxygens (including phenoxy) is 1. The Balaban J connectivity index is 1.31. The van der Waals surface area contributed by atoms with Gasteiger partial charge in [0.2, 0.25) is 0 Å². The molecule has 152 valence electrons. The zero-order valence-electron chi connectivity index (χ0n) is 17.6. The number of nitrogens with one attached hydrogen (secondary N) is 1. The zero-order chi connectivity index (χ0) is 20.5. The van der Waals surface area contributed by atoms with Gasteiger partial charge in [-0.1, -0.05) is 48.5 Å². The van der Waals surface area contributed by atoms with Gasteiger partial charge in [-0.25, -0.2) is 0 Å². The maximum atomic E-state index is 5.26. The summed E-state index contributed by atoms with van der Waals surface area (Å²) in [6.45, 7) is 6.22. The molecule has 5 rings (SSSR count). The maximum Gasteiger partial charge on any atom is 0.140 e. The van der Waals surface area contributed by atoms with Crippen LogP contribution in [0.15, 0.2) is 77.9 Å². The Kier molecular flexibility index (Phi) is 5.01. The molecule has 1 aliphatic heterocycles. The Labute approximate surface area is 178 Å². The third-order valence-electron chi connectivity index (χ3n) is 6.42. The quantitative estimate of drug-likeness (QED) is 0.683. The minimum Gasteiger partial charge on any atom is -0.497 e. The van der Waals surface area contributed by atoms with Gasteiger partial charge >= 0.3 is 0 Å². The van der Waals surface area contributed by atoms with Crippen LogP contribution >= 0.6 is 0 Å². The van der Waals surface area contributed by atoms with E-state index in [1.807, 2.05) is 12.1 Å². The van der Waals surface area contributed by atoms with Crippen LogP contribution in [0.5, 0.6) is 5.75 Å². The van der Waals surface area contributed by atoms with E-state index in [1.165, 1.54) is 22.3 Å². The van der Waals surface area contributed by atoms with Crippen LogP contribution in [-0.2, 0) is 0 Å². The zero-order valence-corrected chi connectivity index (χ0v) is 17.6. The summed E-state index contributed by atoms with van der Waals surface area (Å²) < 4.78 is 5.26. The predicted molar refractivity (Wildman–Crippen MR) is 121 cm³/mol. The molecule has 0 saturated carbocycles. The van der Waals surface area contributed by atoms with Crippen LogP contribution < -0.4 is 9.64 Å². The molecule has 1 N–H and O–H groups in total. The average molecular weight is 399 g/mol. The van der Waals surface area contributed by atoms with Gasteiger partial charge in [0.25, 0.3) is 0 Å². The van der Waals surface area contributed by atoms with E-state index in [-0.39, 0.29) is 0 Å². The number of quaternary nitrogens is 1. The summed E-state index contributed by atoms with van der Waals surface area (Å²) in [7, 11) is 1.69. The summed E-state index contributed by atoms with van der Waals surface area (Å²) in [4.78, 5) is 1.64. The van der Waals surface area contributed by atoms with Crippen LogP contribution in [0.2, 0.25) is 0 Å². The van der Waals surface area contributed by atoms with Crippen LogP contribution in [0, 0.1) is 0 Å². The number of benzene rings is 3. The standard InChI is InChI=1S/C26H27N3O/c1-19(20-11-13-21(30-2)14-12-20)27-29-17-15-28(16-18-29)26-24-9-5-3-7-22(24)23-8-4-6-10-25(23)26/h3-14,26H,15-18H2,1-2H3/p+1/b27-19-. The van der Waals surface area contributed by atoms with Gasteiger partial charge in [0.1, 0.15) is 11.8 Å². The summed E-state index contributed by atoms with van der Waals surface area (Å²) in [6.07, 6.45) is 0. The Morgan fingerprint density at radius 3 is 2.00 bits per heavy atom. The van der Waals surface area contributed by atoms with E-state index in [9.17, 15) is 0 Å². The van der Waals surface area contributed by atoms with Crippen molar-refractivity contribution in [3.8, 4) is 16.9 Å². The molecule has 1 aliphatic carbocycles. The Hall–Kier alpha value is -3.11. The summed E-state index contributed by atoms with van der Waals surface area (Å²) in [6, 6.07) is 26.4. The topological polar surface area (TPSA) is 29.3 Å². The van der Waals surface area contributed by atoms with Crippen molar-refractivity contribution in [3.05, 3.63) is 89.5 Å². The molecule has 1 fully saturated rings. The summed E-state index contributed by atoms with van der Waals surface area (Å²) in [5, 5.41) is 7.14. The molecule has 3 aromatic rings. The SMILES string of the molecule is COc1ccc(/C(C)=N\N2CC[NH+](C3c4ccccc4-c4ccccc43)CC2)cc1. The molecule has 3 aromatic carbocycles. The number of hydrazone groups is 1. The van der Waals surface area contributed by atoms with Crippen molar-refractivity contribution in [2.75, 3.05) is 33.3 Å². The molecular formula is C26H28N3O+. The van der Waals surface area contributed by atoms with Gasteiger partial charge < -0.3 is 9.64 Å². The predicted octanol–water partition coefficient (Wildman–Crippen LogP) is 3.39. The highest BCUT2D eigenvalue weighted by atomic mass is 16.5. The number of nitrogens with zero attached hydrogens (tertiary/aromatic N) is 2. The largest absolute Gasteiger partial charge is 0.497 e. The van der Waals surface area contributed by atoms with Gasteiger partial charge in [-0.2, -0.15) is 5.10 Å². The van der Waals surface area contributed by atoms with Gasteiger partial charge in [0, 0.05) is 11.1 Å². The smallest absolute Gasteiger partial charge is 0.140 e. The van der Waals surface area contributed by atoms with Gasteiger partial charge in [-0.3, -0.25) is 5.01 Å². The third kappa shape index (κ3) is 3.37. The first-order valence-electron chi connectivity index (χ1n) is 10.7. The molecule has 1 heterocycles. The molecule has 4 nitrogen and oxygen atoms in total. The van der Waals surface area contributed by atoms with E-state index >= 15 is 0 Å². The molecule has 4 heteroatoms. The highest BCUT2D eigenvalue weighted by Gasteiger charge is 2.37. The van der Waals surface area contributed by atoms with Crippen LogP contribution in [0.25, 0.3) is 11.1 Å². The second kappa shape index (κ2) is 7.96. The van der Waals surface area contributed by atoms with E-state index in [0.717, 1.165) is 43.2 Å². The molecule has 0 atom stereocenters. The lowest BCUT2D eigenvalue weighted by Crippen LogP contribution is -3.14. The highest BCUT2D eigenvalue weighted by Crippen LogP contribution is 2.41. The number of fused-ring (bicyclic) bond motifs is 3. The van der Waals surface area contributed by atoms with Crippen LogP contribution in [0.1, 0.15) is 29.7 Å². The number of rotatable bonds is 4. The summed E-state index contributed by atoms with van der Waals surface area (Å²) in [5.74, 6) is 0.876. The van der Waals surface area contributed by atoms with Gasteiger partial charge in [-0.05, 0) is 47.9 Å². The Morgan fingerprint density at radius 1 is 0.867 bits per heavy atom. The van der Waals surface area contributed by atoms with Crippen molar-refractivity contribution in [2.24, 2.45) is 5.10 Å². The molecule has 30 heavy (non-hydrogen) atoms. The third-order valence-corrected chi connectivity index (χ3v) is 6.42. The molecule has 0 radical (unpaired) electrons. The number of hydrogen-bond donors (Lipinski definition) is 1. The number of piperazine rings is 1. The average Bonchev–Trinajstić information content (AvgIpc) is 3.14. The van der Waals surface area contributed by atoms with Crippen LogP contribution in [-0.4, -0.2) is 44.0 Å². The maximum absolute atomic E-state index is 5.26. The van der Waals surface area contributed by atoms with E-state index in [2.05, 4.69) is 72.6 Å². The first-order chi connectivity index (χ1) is 14.7. The molecule has 0 bridgehead atoms. The van der Waals surface area contributed by atoms with Crippen molar-refractivity contribution >= 4 is 5.71 Å². The summed E-state index contributed by atoms with van der Waals surface area (Å²) in [5.41, 5.74) is 7.95. The van der Waals surface area contributed by atoms with Crippen molar-refractivity contribution < 1.29 is 9.64 Å².